The highest BCUT2D eigenvalue weighted by molar-refractivity contribution is 6.42. The van der Waals surface area contributed by atoms with E-state index in [1.165, 1.54) is 27.9 Å². The minimum atomic E-state index is -0.710. The molecule has 0 unspecified atom stereocenters. The summed E-state index contributed by atoms with van der Waals surface area (Å²) in [6, 6.07) is 1.60. The maximum Gasteiger partial charge on any atom is 0.330 e. The fraction of sp³-hybridized carbons (Fsp3) is 0.294. The Morgan fingerprint density at radius 1 is 1.18 bits per heavy atom. The predicted molar refractivity (Wildman–Crippen MR) is 104 cm³/mol. The van der Waals surface area contributed by atoms with E-state index < -0.39 is 23.4 Å². The summed E-state index contributed by atoms with van der Waals surface area (Å²) in [5.41, 5.74) is -0.562. The summed E-state index contributed by atoms with van der Waals surface area (Å²) < 4.78 is 1.27. The molecule has 1 saturated heterocycles. The van der Waals surface area contributed by atoms with Gasteiger partial charge in [-0.2, -0.15) is 0 Å². The zero-order valence-electron chi connectivity index (χ0n) is 15.1. The van der Waals surface area contributed by atoms with Gasteiger partial charge in [-0.05, 0) is 19.1 Å². The van der Waals surface area contributed by atoms with Crippen LogP contribution >= 0.6 is 23.2 Å². The van der Waals surface area contributed by atoms with Gasteiger partial charge in [0.2, 0.25) is 5.78 Å². The molecule has 0 saturated carbocycles. The number of nitrogens with one attached hydrogen (secondary N) is 2. The normalized spacial score (nSPS) is 13.9. The molecule has 1 aromatic carbocycles. The number of rotatable bonds is 4. The first-order valence-electron chi connectivity index (χ1n) is 8.40. The number of hydrogen-bond acceptors (Lipinski definition) is 4. The molecule has 1 aromatic heterocycles. The van der Waals surface area contributed by atoms with Crippen LogP contribution in [0.1, 0.15) is 22.8 Å². The number of amides is 4. The zero-order valence-corrected chi connectivity index (χ0v) is 16.6. The van der Waals surface area contributed by atoms with Crippen molar-refractivity contribution in [3.8, 4) is 0 Å². The van der Waals surface area contributed by atoms with Crippen LogP contribution in [-0.4, -0.2) is 57.6 Å². The van der Waals surface area contributed by atoms with Gasteiger partial charge in [-0.25, -0.2) is 14.5 Å². The molecule has 2 aromatic rings. The molecule has 4 amide bonds. The summed E-state index contributed by atoms with van der Waals surface area (Å²) in [5, 5.41) is 5.15. The van der Waals surface area contributed by atoms with E-state index in [0.717, 1.165) is 4.90 Å². The fourth-order valence-electron chi connectivity index (χ4n) is 2.80. The average molecular weight is 426 g/mol. The van der Waals surface area contributed by atoms with Crippen LogP contribution in [0.15, 0.2) is 23.1 Å². The number of carbonyl (C=O) groups excluding carboxylic acids is 3. The molecule has 0 radical (unpaired) electrons. The average Bonchev–Trinajstić information content (AvgIpc) is 3.20. The van der Waals surface area contributed by atoms with Crippen molar-refractivity contribution in [2.24, 2.45) is 0 Å². The summed E-state index contributed by atoms with van der Waals surface area (Å²) in [6.45, 7) is 2.75. The summed E-state index contributed by atoms with van der Waals surface area (Å²) in [4.78, 5) is 51.8. The first kappa shape index (κ1) is 20.0. The van der Waals surface area contributed by atoms with E-state index in [0.29, 0.717) is 13.1 Å². The molecule has 0 spiro atoms. The monoisotopic (exact) mass is 425 g/mol. The third-order valence-electron chi connectivity index (χ3n) is 4.43. The molecule has 148 valence electrons. The molecular weight excluding hydrogens is 409 g/mol. The van der Waals surface area contributed by atoms with Gasteiger partial charge in [-0.3, -0.25) is 14.3 Å². The lowest BCUT2D eigenvalue weighted by Crippen LogP contribution is -2.38. The fourth-order valence-corrected chi connectivity index (χ4v) is 3.35. The van der Waals surface area contributed by atoms with E-state index in [2.05, 4.69) is 10.4 Å². The highest BCUT2D eigenvalue weighted by Crippen LogP contribution is 2.34. The third-order valence-corrected chi connectivity index (χ3v) is 5.14. The second kappa shape index (κ2) is 7.69. The molecule has 0 bridgehead atoms. The number of aryl methyl sites for hydroxylation is 1. The number of halogens is 2. The Morgan fingerprint density at radius 3 is 2.46 bits per heavy atom. The molecule has 28 heavy (non-hydrogen) atoms. The molecule has 2 heterocycles. The van der Waals surface area contributed by atoms with Crippen molar-refractivity contribution in [3.63, 3.8) is 0 Å². The van der Waals surface area contributed by atoms with Crippen LogP contribution in [0.4, 0.5) is 15.3 Å². The Kier molecular flexibility index (Phi) is 5.48. The minimum Gasteiger partial charge on any atom is -0.326 e. The number of H-pyrrole nitrogens is 1. The van der Waals surface area contributed by atoms with Crippen molar-refractivity contribution in [2.75, 3.05) is 25.5 Å². The first-order valence-corrected chi connectivity index (χ1v) is 9.16. The van der Waals surface area contributed by atoms with Crippen LogP contribution in [0.5, 0.6) is 0 Å². The number of imide groups is 1. The summed E-state index contributed by atoms with van der Waals surface area (Å²) in [7, 11) is 1.58. The number of ketones is 1. The second-order valence-corrected chi connectivity index (χ2v) is 6.92. The van der Waals surface area contributed by atoms with Gasteiger partial charge in [-0.15, -0.1) is 0 Å². The quantitative estimate of drug-likeness (QED) is 0.733. The van der Waals surface area contributed by atoms with Gasteiger partial charge in [0.25, 0.3) is 5.56 Å². The van der Waals surface area contributed by atoms with E-state index in [-0.39, 0.29) is 33.4 Å². The Bertz CT molecular complexity index is 1030. The van der Waals surface area contributed by atoms with Crippen LogP contribution in [0.3, 0.4) is 0 Å². The smallest absolute Gasteiger partial charge is 0.326 e. The molecule has 9 nitrogen and oxygen atoms in total. The molecular formula is C17H17Cl2N5O4. The summed E-state index contributed by atoms with van der Waals surface area (Å²) in [6.07, 6.45) is 1.30. The highest BCUT2D eigenvalue weighted by Gasteiger charge is 2.32. The van der Waals surface area contributed by atoms with Gasteiger partial charge in [0.05, 0.1) is 15.7 Å². The van der Waals surface area contributed by atoms with Gasteiger partial charge in [-0.1, -0.05) is 23.2 Å². The molecule has 0 atom stereocenters. The SMILES string of the molecule is CCn1[nH]cc(C(=O)c2ccc(Cl)c(NC(=O)N3CCN(C)C3=O)c2Cl)c1=O. The molecule has 11 heteroatoms. The number of urea groups is 2. The van der Waals surface area contributed by atoms with Crippen LogP contribution in [0.25, 0.3) is 0 Å². The van der Waals surface area contributed by atoms with E-state index >= 15 is 0 Å². The van der Waals surface area contributed by atoms with E-state index in [9.17, 15) is 19.2 Å². The van der Waals surface area contributed by atoms with Crippen molar-refractivity contribution in [1.29, 1.82) is 0 Å². The van der Waals surface area contributed by atoms with Crippen LogP contribution in [0, 0.1) is 0 Å². The lowest BCUT2D eigenvalue weighted by atomic mass is 10.1. The maximum absolute atomic E-state index is 12.8. The first-order chi connectivity index (χ1) is 13.3. The number of hydrogen-bond donors (Lipinski definition) is 2. The van der Waals surface area contributed by atoms with Crippen LogP contribution in [0.2, 0.25) is 10.0 Å². The van der Waals surface area contributed by atoms with E-state index in [4.69, 9.17) is 23.2 Å². The number of aromatic nitrogens is 2. The number of likely N-dealkylation sites (N-methyl/N-ethyl adjacent to an activating group) is 1. The van der Waals surface area contributed by atoms with Gasteiger partial charge < -0.3 is 15.3 Å². The number of nitrogens with zero attached hydrogens (tertiary/aromatic N) is 3. The summed E-state index contributed by atoms with van der Waals surface area (Å²) in [5.74, 6) is -0.609. The standard InChI is InChI=1S/C17H17Cl2N5O4/c1-3-24-15(26)10(8-20-24)14(25)9-4-5-11(18)13(12(9)19)21-16(27)23-7-6-22(2)17(23)28/h4-5,8,20H,3,6-7H2,1-2H3,(H,21,27). The Hall–Kier alpha value is -2.78. The van der Waals surface area contributed by atoms with Crippen molar-refractivity contribution < 1.29 is 14.4 Å². The van der Waals surface area contributed by atoms with Crippen molar-refractivity contribution in [1.82, 2.24) is 19.6 Å². The van der Waals surface area contributed by atoms with Gasteiger partial charge in [0, 0.05) is 38.4 Å². The van der Waals surface area contributed by atoms with Crippen LogP contribution < -0.4 is 10.9 Å². The van der Waals surface area contributed by atoms with Gasteiger partial charge in [0.15, 0.2) is 0 Å². The second-order valence-electron chi connectivity index (χ2n) is 6.14. The Labute approximate surface area is 169 Å². The molecule has 1 fully saturated rings. The lowest BCUT2D eigenvalue weighted by molar-refractivity contribution is 0.103. The van der Waals surface area contributed by atoms with Crippen molar-refractivity contribution in [2.45, 2.75) is 13.5 Å². The zero-order chi connectivity index (χ0) is 20.6. The summed E-state index contributed by atoms with van der Waals surface area (Å²) >= 11 is 12.4. The minimum absolute atomic E-state index is 0.00517. The number of benzene rings is 1. The topological polar surface area (TPSA) is 108 Å². The molecule has 1 aliphatic rings. The third kappa shape index (κ3) is 3.38. The Morgan fingerprint density at radius 2 is 1.89 bits per heavy atom. The van der Waals surface area contributed by atoms with E-state index in [1.807, 2.05) is 0 Å². The molecule has 0 aliphatic carbocycles. The number of aromatic amines is 1. The van der Waals surface area contributed by atoms with Crippen molar-refractivity contribution >= 4 is 46.7 Å². The highest BCUT2D eigenvalue weighted by atomic mass is 35.5. The van der Waals surface area contributed by atoms with Gasteiger partial charge >= 0.3 is 12.1 Å². The maximum atomic E-state index is 12.8. The predicted octanol–water partition coefficient (Wildman–Crippen LogP) is 2.63. The van der Waals surface area contributed by atoms with Gasteiger partial charge in [0.1, 0.15) is 5.56 Å². The largest absolute Gasteiger partial charge is 0.330 e. The molecule has 1 aliphatic heterocycles. The van der Waals surface area contributed by atoms with E-state index in [1.54, 1.807) is 14.0 Å². The Balaban J connectivity index is 1.93. The number of anilines is 1. The van der Waals surface area contributed by atoms with Crippen molar-refractivity contribution in [3.05, 3.63) is 49.9 Å². The van der Waals surface area contributed by atoms with Crippen LogP contribution in [-0.2, 0) is 6.54 Å². The lowest BCUT2D eigenvalue weighted by Gasteiger charge is -2.17. The number of carbonyl (C=O) groups is 3. The molecule has 2 N–H and O–H groups in total. The molecule has 3 rings (SSSR count).